The van der Waals surface area contributed by atoms with Crippen LogP contribution < -0.4 is 5.32 Å². The van der Waals surface area contributed by atoms with Gasteiger partial charge in [-0.25, -0.2) is 0 Å². The van der Waals surface area contributed by atoms with Crippen LogP contribution in [-0.2, 0) is 4.79 Å². The molecule has 1 aromatic rings. The molecule has 6 heteroatoms. The Hall–Kier alpha value is -1.66. The number of piperazine rings is 1. The fraction of sp³-hybridized carbons (Fsp3) is 0.538. The highest BCUT2D eigenvalue weighted by Crippen LogP contribution is 2.06. The Bertz CT molecular complexity index is 422. The van der Waals surface area contributed by atoms with E-state index in [0.29, 0.717) is 18.8 Å². The number of hydrogen-bond donors (Lipinski definition) is 1. The lowest BCUT2D eigenvalue weighted by Gasteiger charge is -2.33. The van der Waals surface area contributed by atoms with Gasteiger partial charge in [0.05, 0.1) is 19.4 Å². The van der Waals surface area contributed by atoms with Gasteiger partial charge in [-0.1, -0.05) is 0 Å². The molecule has 1 aliphatic heterocycles. The molecule has 0 atom stereocenters. The van der Waals surface area contributed by atoms with Gasteiger partial charge in [0, 0.05) is 33.2 Å². The molecule has 0 aliphatic carbocycles. The van der Waals surface area contributed by atoms with E-state index in [1.807, 2.05) is 0 Å². The van der Waals surface area contributed by atoms with Crippen LogP contribution in [0.5, 0.6) is 0 Å². The van der Waals surface area contributed by atoms with Crippen molar-refractivity contribution >= 4 is 11.7 Å². The summed E-state index contributed by atoms with van der Waals surface area (Å²) in [7, 11) is 1.64. The second-order valence-electron chi connectivity index (χ2n) is 4.63. The number of carbonyl (C=O) groups excluding carboxylic acids is 2. The molecular formula is C13H19N3O3. The van der Waals surface area contributed by atoms with Crippen molar-refractivity contribution < 1.29 is 14.0 Å². The first-order chi connectivity index (χ1) is 9.19. The van der Waals surface area contributed by atoms with Crippen molar-refractivity contribution in [3.63, 3.8) is 0 Å². The van der Waals surface area contributed by atoms with E-state index in [9.17, 15) is 9.59 Å². The molecule has 0 saturated carbocycles. The topological polar surface area (TPSA) is 65.8 Å². The molecule has 1 aromatic heterocycles. The number of carbonyl (C=O) groups is 2. The third-order valence-electron chi connectivity index (χ3n) is 3.27. The van der Waals surface area contributed by atoms with Gasteiger partial charge in [-0.15, -0.1) is 0 Å². The number of furan rings is 1. The van der Waals surface area contributed by atoms with Crippen LogP contribution in [0.15, 0.2) is 22.8 Å². The maximum absolute atomic E-state index is 11.9. The molecule has 1 saturated heterocycles. The molecule has 1 fully saturated rings. The van der Waals surface area contributed by atoms with E-state index in [1.165, 1.54) is 6.26 Å². The summed E-state index contributed by atoms with van der Waals surface area (Å²) in [6.07, 6.45) is 1.51. The molecule has 2 rings (SSSR count). The molecule has 1 amide bonds. The molecule has 2 heterocycles. The first-order valence-corrected chi connectivity index (χ1v) is 6.41. The highest BCUT2D eigenvalue weighted by atomic mass is 16.3. The number of ketones is 1. The predicted octanol–water partition coefficient (Wildman–Crippen LogP) is -0.174. The SMILES string of the molecule is CNC(=O)CN1CCN(CC(=O)c2ccco2)CC1. The van der Waals surface area contributed by atoms with Gasteiger partial charge < -0.3 is 9.73 Å². The summed E-state index contributed by atoms with van der Waals surface area (Å²) in [5, 5.41) is 2.61. The number of likely N-dealkylation sites (N-methyl/N-ethyl adjacent to an activating group) is 1. The van der Waals surface area contributed by atoms with Crippen molar-refractivity contribution in [2.24, 2.45) is 0 Å². The number of Topliss-reactive ketones (excluding diaryl/α,β-unsaturated/α-hetero) is 1. The summed E-state index contributed by atoms with van der Waals surface area (Å²) in [6.45, 7) is 4.00. The van der Waals surface area contributed by atoms with Crippen molar-refractivity contribution in [1.29, 1.82) is 0 Å². The van der Waals surface area contributed by atoms with Gasteiger partial charge >= 0.3 is 0 Å². The average molecular weight is 265 g/mol. The van der Waals surface area contributed by atoms with E-state index in [1.54, 1.807) is 19.2 Å². The normalized spacial score (nSPS) is 17.3. The number of nitrogens with one attached hydrogen (secondary N) is 1. The first kappa shape index (κ1) is 13.8. The van der Waals surface area contributed by atoms with Gasteiger partial charge in [-0.3, -0.25) is 19.4 Å². The summed E-state index contributed by atoms with van der Waals surface area (Å²) in [5.74, 6) is 0.442. The second kappa shape index (κ2) is 6.49. The molecule has 104 valence electrons. The van der Waals surface area contributed by atoms with Crippen LogP contribution in [0.1, 0.15) is 10.6 Å². The minimum atomic E-state index is 0.00440. The highest BCUT2D eigenvalue weighted by Gasteiger charge is 2.21. The molecule has 1 N–H and O–H groups in total. The molecule has 6 nitrogen and oxygen atoms in total. The van der Waals surface area contributed by atoms with Gasteiger partial charge in [0.2, 0.25) is 11.7 Å². The summed E-state index contributed by atoms with van der Waals surface area (Å²) in [5.41, 5.74) is 0. The molecule has 0 bridgehead atoms. The Morgan fingerprint density at radius 2 is 1.84 bits per heavy atom. The number of amides is 1. The van der Waals surface area contributed by atoms with E-state index < -0.39 is 0 Å². The van der Waals surface area contributed by atoms with Gasteiger partial charge in [-0.05, 0) is 12.1 Å². The molecule has 1 aliphatic rings. The third kappa shape index (κ3) is 3.90. The first-order valence-electron chi connectivity index (χ1n) is 6.41. The quantitative estimate of drug-likeness (QED) is 0.749. The fourth-order valence-electron chi connectivity index (χ4n) is 2.11. The number of rotatable bonds is 5. The highest BCUT2D eigenvalue weighted by molar-refractivity contribution is 5.95. The minimum Gasteiger partial charge on any atom is -0.461 e. The molecule has 0 radical (unpaired) electrons. The molecule has 0 unspecified atom stereocenters. The molecule has 19 heavy (non-hydrogen) atoms. The Morgan fingerprint density at radius 1 is 1.21 bits per heavy atom. The van der Waals surface area contributed by atoms with E-state index in [4.69, 9.17) is 4.42 Å². The third-order valence-corrected chi connectivity index (χ3v) is 3.27. The zero-order valence-corrected chi connectivity index (χ0v) is 11.1. The van der Waals surface area contributed by atoms with Gasteiger partial charge in [0.25, 0.3) is 0 Å². The van der Waals surface area contributed by atoms with E-state index in [-0.39, 0.29) is 11.7 Å². The predicted molar refractivity (Wildman–Crippen MR) is 70.0 cm³/mol. The van der Waals surface area contributed by atoms with Crippen molar-refractivity contribution in [2.45, 2.75) is 0 Å². The Morgan fingerprint density at radius 3 is 2.37 bits per heavy atom. The van der Waals surface area contributed by atoms with E-state index >= 15 is 0 Å². The van der Waals surface area contributed by atoms with Crippen LogP contribution in [0.4, 0.5) is 0 Å². The largest absolute Gasteiger partial charge is 0.461 e. The average Bonchev–Trinajstić information content (AvgIpc) is 2.95. The van der Waals surface area contributed by atoms with Crippen LogP contribution in [-0.4, -0.2) is 67.8 Å². The lowest BCUT2D eigenvalue weighted by molar-refractivity contribution is -0.122. The Labute approximate surface area is 112 Å². The maximum atomic E-state index is 11.9. The van der Waals surface area contributed by atoms with Crippen LogP contribution in [0, 0.1) is 0 Å². The lowest BCUT2D eigenvalue weighted by Crippen LogP contribution is -2.50. The maximum Gasteiger partial charge on any atom is 0.233 e. The van der Waals surface area contributed by atoms with E-state index in [0.717, 1.165) is 26.2 Å². The van der Waals surface area contributed by atoms with Gasteiger partial charge in [-0.2, -0.15) is 0 Å². The van der Waals surface area contributed by atoms with Crippen molar-refractivity contribution in [2.75, 3.05) is 46.3 Å². The molecular weight excluding hydrogens is 246 g/mol. The van der Waals surface area contributed by atoms with Crippen LogP contribution >= 0.6 is 0 Å². The zero-order chi connectivity index (χ0) is 13.7. The summed E-state index contributed by atoms with van der Waals surface area (Å²) in [4.78, 5) is 27.3. The minimum absolute atomic E-state index is 0.00440. The van der Waals surface area contributed by atoms with Crippen LogP contribution in [0.3, 0.4) is 0 Å². The van der Waals surface area contributed by atoms with Crippen LogP contribution in [0.2, 0.25) is 0 Å². The van der Waals surface area contributed by atoms with E-state index in [2.05, 4.69) is 15.1 Å². The zero-order valence-electron chi connectivity index (χ0n) is 11.1. The number of nitrogens with zero attached hydrogens (tertiary/aromatic N) is 2. The summed E-state index contributed by atoms with van der Waals surface area (Å²) < 4.78 is 5.09. The lowest BCUT2D eigenvalue weighted by atomic mass is 10.2. The second-order valence-corrected chi connectivity index (χ2v) is 4.63. The smallest absolute Gasteiger partial charge is 0.233 e. The Balaban J connectivity index is 1.74. The monoisotopic (exact) mass is 265 g/mol. The van der Waals surface area contributed by atoms with Crippen LogP contribution in [0.25, 0.3) is 0 Å². The summed E-state index contributed by atoms with van der Waals surface area (Å²) in [6, 6.07) is 3.40. The van der Waals surface area contributed by atoms with Crippen molar-refractivity contribution in [3.8, 4) is 0 Å². The standard InChI is InChI=1S/C13H19N3O3/c1-14-13(18)10-16-6-4-15(5-7-16)9-11(17)12-3-2-8-19-12/h2-3,8H,4-7,9-10H2,1H3,(H,14,18). The summed E-state index contributed by atoms with van der Waals surface area (Å²) >= 11 is 0. The number of hydrogen-bond acceptors (Lipinski definition) is 5. The fourth-order valence-corrected chi connectivity index (χ4v) is 2.11. The van der Waals surface area contributed by atoms with Gasteiger partial charge in [0.1, 0.15) is 0 Å². The molecule has 0 aromatic carbocycles. The Kier molecular flexibility index (Phi) is 4.70. The van der Waals surface area contributed by atoms with Crippen molar-refractivity contribution in [1.82, 2.24) is 15.1 Å². The van der Waals surface area contributed by atoms with Crippen molar-refractivity contribution in [3.05, 3.63) is 24.2 Å². The van der Waals surface area contributed by atoms with Gasteiger partial charge in [0.15, 0.2) is 5.76 Å². The molecule has 0 spiro atoms.